The Morgan fingerprint density at radius 1 is 1.32 bits per heavy atom. The van der Waals surface area contributed by atoms with Crippen molar-refractivity contribution in [1.82, 2.24) is 4.90 Å². The number of hydrogen-bond acceptors (Lipinski definition) is 2. The molecule has 0 aliphatic carbocycles. The Kier molecular flexibility index (Phi) is 4.37. The lowest BCUT2D eigenvalue weighted by molar-refractivity contribution is -0.146. The van der Waals surface area contributed by atoms with Gasteiger partial charge in [-0.25, -0.2) is 4.79 Å². The molecule has 1 aromatic rings. The van der Waals surface area contributed by atoms with Gasteiger partial charge in [0.2, 0.25) is 5.91 Å². The molecular weight excluding hydrogens is 310 g/mol. The number of amides is 1. The first-order chi connectivity index (χ1) is 9.08. The molecule has 0 bridgehead atoms. The van der Waals surface area contributed by atoms with Gasteiger partial charge < -0.3 is 10.0 Å². The van der Waals surface area contributed by atoms with Gasteiger partial charge in [0.25, 0.3) is 0 Å². The Morgan fingerprint density at radius 3 is 2.63 bits per heavy atom. The van der Waals surface area contributed by atoms with Crippen LogP contribution in [0.5, 0.6) is 0 Å². The Morgan fingerprint density at radius 2 is 2.00 bits per heavy atom. The summed E-state index contributed by atoms with van der Waals surface area (Å²) in [5.41, 5.74) is 0.905. The molecule has 1 aliphatic rings. The Balaban J connectivity index is 2.04. The van der Waals surface area contributed by atoms with Crippen LogP contribution < -0.4 is 0 Å². The van der Waals surface area contributed by atoms with Crippen molar-refractivity contribution in [3.63, 3.8) is 0 Å². The van der Waals surface area contributed by atoms with E-state index in [0.29, 0.717) is 13.0 Å². The summed E-state index contributed by atoms with van der Waals surface area (Å²) in [6, 6.07) is 6.86. The van der Waals surface area contributed by atoms with Crippen molar-refractivity contribution in [1.29, 1.82) is 0 Å². The van der Waals surface area contributed by atoms with E-state index < -0.39 is 12.0 Å². The molecule has 5 heteroatoms. The van der Waals surface area contributed by atoms with Gasteiger partial charge in [-0.1, -0.05) is 28.1 Å². The molecule has 19 heavy (non-hydrogen) atoms. The molecule has 1 aliphatic heterocycles. The summed E-state index contributed by atoms with van der Waals surface area (Å²) in [5.74, 6) is -1.17. The highest BCUT2D eigenvalue weighted by Gasteiger charge is 2.32. The second-order valence-corrected chi connectivity index (χ2v) is 5.33. The molecule has 0 radical (unpaired) electrons. The van der Waals surface area contributed by atoms with Crippen LogP contribution in [0.2, 0.25) is 0 Å². The molecule has 1 atom stereocenters. The molecule has 1 amide bonds. The maximum atomic E-state index is 12.0. The van der Waals surface area contributed by atoms with E-state index in [1.54, 1.807) is 6.08 Å². The molecule has 1 saturated heterocycles. The SMILES string of the molecule is O=C(O)[C@H]1CCCN1C(=O)/C=C/c1ccc(Br)cc1. The van der Waals surface area contributed by atoms with Gasteiger partial charge in [-0.3, -0.25) is 4.79 Å². The summed E-state index contributed by atoms with van der Waals surface area (Å²) in [5, 5.41) is 9.03. The van der Waals surface area contributed by atoms with Gasteiger partial charge in [0.1, 0.15) is 6.04 Å². The molecule has 0 saturated carbocycles. The van der Waals surface area contributed by atoms with E-state index in [0.717, 1.165) is 16.5 Å². The number of hydrogen-bond donors (Lipinski definition) is 1. The molecular formula is C14H14BrNO3. The van der Waals surface area contributed by atoms with Crippen LogP contribution >= 0.6 is 15.9 Å². The highest BCUT2D eigenvalue weighted by atomic mass is 79.9. The summed E-state index contributed by atoms with van der Waals surface area (Å²) >= 11 is 3.34. The van der Waals surface area contributed by atoms with Crippen molar-refractivity contribution in [2.75, 3.05) is 6.54 Å². The van der Waals surface area contributed by atoms with Crippen molar-refractivity contribution < 1.29 is 14.7 Å². The van der Waals surface area contributed by atoms with Crippen molar-refractivity contribution in [2.24, 2.45) is 0 Å². The minimum atomic E-state index is -0.928. The minimum Gasteiger partial charge on any atom is -0.480 e. The van der Waals surface area contributed by atoms with Crippen LogP contribution in [0, 0.1) is 0 Å². The quantitative estimate of drug-likeness (QED) is 0.870. The van der Waals surface area contributed by atoms with Crippen LogP contribution in [0.1, 0.15) is 18.4 Å². The van der Waals surface area contributed by atoms with Crippen LogP contribution in [-0.4, -0.2) is 34.5 Å². The Bertz CT molecular complexity index is 510. The van der Waals surface area contributed by atoms with E-state index >= 15 is 0 Å². The van der Waals surface area contributed by atoms with Crippen molar-refractivity contribution in [3.8, 4) is 0 Å². The number of benzene rings is 1. The molecule has 2 rings (SSSR count). The van der Waals surface area contributed by atoms with E-state index in [1.807, 2.05) is 24.3 Å². The zero-order valence-corrected chi connectivity index (χ0v) is 11.8. The summed E-state index contributed by atoms with van der Waals surface area (Å²) < 4.78 is 0.974. The van der Waals surface area contributed by atoms with Gasteiger partial charge in [-0.2, -0.15) is 0 Å². The summed E-state index contributed by atoms with van der Waals surface area (Å²) in [4.78, 5) is 24.4. The normalized spacial score (nSPS) is 19.0. The van der Waals surface area contributed by atoms with E-state index in [-0.39, 0.29) is 5.91 Å². The third kappa shape index (κ3) is 3.44. The zero-order chi connectivity index (χ0) is 13.8. The summed E-state index contributed by atoms with van der Waals surface area (Å²) in [7, 11) is 0. The third-order valence-corrected chi connectivity index (χ3v) is 3.64. The smallest absolute Gasteiger partial charge is 0.326 e. The van der Waals surface area contributed by atoms with Crippen LogP contribution in [0.4, 0.5) is 0 Å². The van der Waals surface area contributed by atoms with Gasteiger partial charge >= 0.3 is 5.97 Å². The van der Waals surface area contributed by atoms with E-state index in [4.69, 9.17) is 5.11 Å². The highest BCUT2D eigenvalue weighted by molar-refractivity contribution is 9.10. The molecule has 1 heterocycles. The number of rotatable bonds is 3. The Hall–Kier alpha value is -1.62. The maximum absolute atomic E-state index is 12.0. The number of halogens is 1. The standard InChI is InChI=1S/C14H14BrNO3/c15-11-6-3-10(4-7-11)5-8-13(17)16-9-1-2-12(16)14(18)19/h3-8,12H,1-2,9H2,(H,18,19)/b8-5+/t12-/m1/s1. The van der Waals surface area contributed by atoms with Crippen LogP contribution in [0.15, 0.2) is 34.8 Å². The minimum absolute atomic E-state index is 0.243. The summed E-state index contributed by atoms with van der Waals surface area (Å²) in [6.45, 7) is 0.514. The van der Waals surface area contributed by atoms with E-state index in [1.165, 1.54) is 11.0 Å². The number of carbonyl (C=O) groups is 2. The monoisotopic (exact) mass is 323 g/mol. The highest BCUT2D eigenvalue weighted by Crippen LogP contribution is 2.18. The number of carboxylic acid groups (broad SMARTS) is 1. The number of aliphatic carboxylic acids is 1. The molecule has 0 spiro atoms. The predicted octanol–water partition coefficient (Wildman–Crippen LogP) is 2.54. The second-order valence-electron chi connectivity index (χ2n) is 4.41. The number of likely N-dealkylation sites (tertiary alicyclic amines) is 1. The molecule has 0 aromatic heterocycles. The topological polar surface area (TPSA) is 57.6 Å². The van der Waals surface area contributed by atoms with Crippen LogP contribution in [0.25, 0.3) is 6.08 Å². The van der Waals surface area contributed by atoms with Gasteiger partial charge in [0, 0.05) is 17.1 Å². The van der Waals surface area contributed by atoms with E-state index in [2.05, 4.69) is 15.9 Å². The fourth-order valence-electron chi connectivity index (χ4n) is 2.12. The van der Waals surface area contributed by atoms with Gasteiger partial charge in [0.05, 0.1) is 0 Å². The van der Waals surface area contributed by atoms with Crippen LogP contribution in [0.3, 0.4) is 0 Å². The summed E-state index contributed by atoms with van der Waals surface area (Å²) in [6.07, 6.45) is 4.42. The van der Waals surface area contributed by atoms with Crippen molar-refractivity contribution in [3.05, 3.63) is 40.4 Å². The van der Waals surface area contributed by atoms with Gasteiger partial charge in [0.15, 0.2) is 0 Å². The fraction of sp³-hybridized carbons (Fsp3) is 0.286. The molecule has 4 nitrogen and oxygen atoms in total. The lowest BCUT2D eigenvalue weighted by Crippen LogP contribution is -2.39. The predicted molar refractivity (Wildman–Crippen MR) is 75.5 cm³/mol. The lowest BCUT2D eigenvalue weighted by atomic mass is 10.2. The number of nitrogens with zero attached hydrogens (tertiary/aromatic N) is 1. The van der Waals surface area contributed by atoms with Gasteiger partial charge in [-0.05, 0) is 36.6 Å². The first-order valence-corrected chi connectivity index (χ1v) is 6.84. The molecule has 100 valence electrons. The number of carboxylic acids is 1. The molecule has 0 unspecified atom stereocenters. The van der Waals surface area contributed by atoms with Crippen molar-refractivity contribution in [2.45, 2.75) is 18.9 Å². The maximum Gasteiger partial charge on any atom is 0.326 e. The zero-order valence-electron chi connectivity index (χ0n) is 10.3. The number of carbonyl (C=O) groups excluding carboxylic acids is 1. The van der Waals surface area contributed by atoms with E-state index in [9.17, 15) is 9.59 Å². The first-order valence-electron chi connectivity index (χ1n) is 6.05. The van der Waals surface area contributed by atoms with Gasteiger partial charge in [-0.15, -0.1) is 0 Å². The molecule has 1 aromatic carbocycles. The first kappa shape index (κ1) is 13.8. The lowest BCUT2D eigenvalue weighted by Gasteiger charge is -2.19. The largest absolute Gasteiger partial charge is 0.480 e. The molecule has 1 fully saturated rings. The van der Waals surface area contributed by atoms with Crippen molar-refractivity contribution >= 4 is 33.9 Å². The fourth-order valence-corrected chi connectivity index (χ4v) is 2.39. The average molecular weight is 324 g/mol. The Labute approximate surface area is 119 Å². The molecule has 1 N–H and O–H groups in total. The average Bonchev–Trinajstić information content (AvgIpc) is 2.87. The third-order valence-electron chi connectivity index (χ3n) is 3.11. The van der Waals surface area contributed by atoms with Crippen LogP contribution in [-0.2, 0) is 9.59 Å². The second kappa shape index (κ2) is 6.02.